The first kappa shape index (κ1) is 23.8. The summed E-state index contributed by atoms with van der Waals surface area (Å²) >= 11 is 0. The third-order valence-corrected chi connectivity index (χ3v) is 4.47. The van der Waals surface area contributed by atoms with Crippen molar-refractivity contribution >= 4 is 0 Å². The Kier molecular flexibility index (Phi) is 14.9. The quantitative estimate of drug-likeness (QED) is 0.175. The standard InChI is InChI=1S/C18H39NO5/c19-16(15-20)17(21)13-11-9-7-5-3-1-2-4-6-8-10-12-14-18(22,23)24/h16-17,20-24H,1-15,19H2/t16-,17+/m0/s1. The molecule has 146 valence electrons. The Labute approximate surface area is 146 Å². The molecule has 2 atom stereocenters. The topological polar surface area (TPSA) is 127 Å². The highest BCUT2D eigenvalue weighted by Gasteiger charge is 2.16. The number of unbranched alkanes of at least 4 members (excludes halogenated alkanes) is 11. The van der Waals surface area contributed by atoms with E-state index >= 15 is 0 Å². The van der Waals surface area contributed by atoms with Crippen LogP contribution in [0.25, 0.3) is 0 Å². The summed E-state index contributed by atoms with van der Waals surface area (Å²) < 4.78 is 0. The highest BCUT2D eigenvalue weighted by Crippen LogP contribution is 2.15. The van der Waals surface area contributed by atoms with Crippen LogP contribution in [0.15, 0.2) is 0 Å². The van der Waals surface area contributed by atoms with E-state index in [0.29, 0.717) is 12.8 Å². The molecule has 0 aromatic heterocycles. The zero-order chi connectivity index (χ0) is 18.3. The van der Waals surface area contributed by atoms with E-state index in [1.807, 2.05) is 0 Å². The summed E-state index contributed by atoms with van der Waals surface area (Å²) in [4.78, 5) is 0. The monoisotopic (exact) mass is 349 g/mol. The van der Waals surface area contributed by atoms with E-state index in [1.54, 1.807) is 0 Å². The van der Waals surface area contributed by atoms with Gasteiger partial charge in [0.05, 0.1) is 18.8 Å². The maximum absolute atomic E-state index is 9.61. The fourth-order valence-corrected chi connectivity index (χ4v) is 2.82. The lowest BCUT2D eigenvalue weighted by Crippen LogP contribution is -2.37. The summed E-state index contributed by atoms with van der Waals surface area (Å²) in [5, 5.41) is 44.7. The predicted molar refractivity (Wildman–Crippen MR) is 95.1 cm³/mol. The highest BCUT2D eigenvalue weighted by atomic mass is 16.7. The largest absolute Gasteiger partial charge is 0.395 e. The van der Waals surface area contributed by atoms with Gasteiger partial charge in [0, 0.05) is 6.42 Å². The van der Waals surface area contributed by atoms with Crippen molar-refractivity contribution in [2.24, 2.45) is 5.73 Å². The summed E-state index contributed by atoms with van der Waals surface area (Å²) in [7, 11) is 0. The van der Waals surface area contributed by atoms with Crippen molar-refractivity contribution in [2.45, 2.75) is 108 Å². The average molecular weight is 350 g/mol. The highest BCUT2D eigenvalue weighted by molar-refractivity contribution is 4.70. The van der Waals surface area contributed by atoms with Gasteiger partial charge in [-0.3, -0.25) is 0 Å². The lowest BCUT2D eigenvalue weighted by Gasteiger charge is -2.15. The van der Waals surface area contributed by atoms with Gasteiger partial charge in [0.2, 0.25) is 0 Å². The third-order valence-electron chi connectivity index (χ3n) is 4.47. The van der Waals surface area contributed by atoms with Crippen LogP contribution in [0.3, 0.4) is 0 Å². The number of aliphatic hydroxyl groups excluding tert-OH is 2. The van der Waals surface area contributed by atoms with E-state index in [1.165, 1.54) is 38.5 Å². The zero-order valence-electron chi connectivity index (χ0n) is 15.1. The minimum Gasteiger partial charge on any atom is -0.395 e. The van der Waals surface area contributed by atoms with Gasteiger partial charge in [-0.1, -0.05) is 70.6 Å². The van der Waals surface area contributed by atoms with Crippen LogP contribution in [-0.4, -0.2) is 50.3 Å². The molecule has 0 saturated heterocycles. The summed E-state index contributed by atoms with van der Waals surface area (Å²) in [6.45, 7) is -0.160. The Morgan fingerprint density at radius 1 is 0.667 bits per heavy atom. The van der Waals surface area contributed by atoms with Crippen molar-refractivity contribution in [1.82, 2.24) is 0 Å². The lowest BCUT2D eigenvalue weighted by molar-refractivity contribution is -0.315. The molecule has 0 fully saturated rings. The van der Waals surface area contributed by atoms with Gasteiger partial charge in [0.1, 0.15) is 0 Å². The summed E-state index contributed by atoms with van der Waals surface area (Å²) in [6.07, 6.45) is 13.4. The predicted octanol–water partition coefficient (Wildman–Crippen LogP) is 1.76. The Morgan fingerprint density at radius 2 is 1.04 bits per heavy atom. The van der Waals surface area contributed by atoms with E-state index in [9.17, 15) is 5.11 Å². The molecule has 0 amide bonds. The van der Waals surface area contributed by atoms with Crippen LogP contribution >= 0.6 is 0 Å². The van der Waals surface area contributed by atoms with Gasteiger partial charge in [0.15, 0.2) is 0 Å². The minimum absolute atomic E-state index is 0.0238. The second-order valence-corrected chi connectivity index (χ2v) is 6.97. The van der Waals surface area contributed by atoms with Crippen molar-refractivity contribution in [2.75, 3.05) is 6.61 Å². The van der Waals surface area contributed by atoms with Crippen LogP contribution in [0.5, 0.6) is 0 Å². The van der Waals surface area contributed by atoms with Crippen molar-refractivity contribution in [3.05, 3.63) is 0 Å². The van der Waals surface area contributed by atoms with Crippen LogP contribution in [0.1, 0.15) is 89.9 Å². The fraction of sp³-hybridized carbons (Fsp3) is 1.00. The van der Waals surface area contributed by atoms with Gasteiger partial charge in [-0.2, -0.15) is 0 Å². The first-order valence-corrected chi connectivity index (χ1v) is 9.58. The maximum atomic E-state index is 9.61. The molecule has 0 heterocycles. The smallest absolute Gasteiger partial charge is 0.275 e. The SMILES string of the molecule is N[C@@H](CO)[C@H](O)CCCCCCCCCCCCCCC(O)(O)O. The molecule has 0 aliphatic rings. The van der Waals surface area contributed by atoms with Crippen LogP contribution in [0.4, 0.5) is 0 Å². The van der Waals surface area contributed by atoms with Crippen LogP contribution in [0.2, 0.25) is 0 Å². The fourth-order valence-electron chi connectivity index (χ4n) is 2.82. The van der Waals surface area contributed by atoms with E-state index in [0.717, 1.165) is 32.1 Å². The van der Waals surface area contributed by atoms with Gasteiger partial charge < -0.3 is 31.3 Å². The second kappa shape index (κ2) is 15.0. The van der Waals surface area contributed by atoms with Crippen molar-refractivity contribution < 1.29 is 25.5 Å². The first-order valence-electron chi connectivity index (χ1n) is 9.58. The number of rotatable bonds is 17. The molecule has 0 unspecified atom stereocenters. The molecule has 6 nitrogen and oxygen atoms in total. The molecule has 0 bridgehead atoms. The summed E-state index contributed by atoms with van der Waals surface area (Å²) in [6, 6.07) is -0.511. The molecule has 0 aromatic rings. The van der Waals surface area contributed by atoms with Crippen molar-refractivity contribution in [3.63, 3.8) is 0 Å². The minimum atomic E-state index is -2.50. The number of nitrogens with two attached hydrogens (primary N) is 1. The molecule has 24 heavy (non-hydrogen) atoms. The van der Waals surface area contributed by atoms with Gasteiger partial charge in [-0.25, -0.2) is 0 Å². The average Bonchev–Trinajstić information content (AvgIpc) is 2.53. The zero-order valence-corrected chi connectivity index (χ0v) is 15.1. The Balaban J connectivity index is 3.15. The van der Waals surface area contributed by atoms with E-state index < -0.39 is 18.1 Å². The molecule has 0 rings (SSSR count). The molecule has 0 spiro atoms. The van der Waals surface area contributed by atoms with Crippen LogP contribution in [0, 0.1) is 0 Å². The number of hydrogen-bond donors (Lipinski definition) is 6. The normalized spacial score (nSPS) is 14.8. The van der Waals surface area contributed by atoms with Gasteiger partial charge in [0.25, 0.3) is 5.97 Å². The molecule has 0 aliphatic carbocycles. The summed E-state index contributed by atoms with van der Waals surface area (Å²) in [5.41, 5.74) is 5.55. The Bertz CT molecular complexity index is 271. The third kappa shape index (κ3) is 16.6. The van der Waals surface area contributed by atoms with Crippen molar-refractivity contribution in [3.8, 4) is 0 Å². The molecule has 0 radical (unpaired) electrons. The van der Waals surface area contributed by atoms with E-state index in [2.05, 4.69) is 0 Å². The number of hydrogen-bond acceptors (Lipinski definition) is 6. The maximum Gasteiger partial charge on any atom is 0.275 e. The summed E-state index contributed by atoms with van der Waals surface area (Å²) in [5.74, 6) is -2.50. The van der Waals surface area contributed by atoms with Crippen LogP contribution in [-0.2, 0) is 0 Å². The molecular weight excluding hydrogens is 310 g/mol. The van der Waals surface area contributed by atoms with Crippen LogP contribution < -0.4 is 5.73 Å². The molecule has 0 aromatic carbocycles. The van der Waals surface area contributed by atoms with Crippen molar-refractivity contribution in [1.29, 1.82) is 0 Å². The first-order chi connectivity index (χ1) is 11.4. The lowest BCUT2D eigenvalue weighted by atomic mass is 10.0. The molecular formula is C18H39NO5. The molecule has 0 saturated carbocycles. The molecule has 6 heteroatoms. The van der Waals surface area contributed by atoms with Gasteiger partial charge in [-0.05, 0) is 12.8 Å². The number of aliphatic hydroxyl groups is 5. The Morgan fingerprint density at radius 3 is 1.42 bits per heavy atom. The molecule has 7 N–H and O–H groups in total. The second-order valence-electron chi connectivity index (χ2n) is 6.97. The van der Waals surface area contributed by atoms with Gasteiger partial charge >= 0.3 is 0 Å². The van der Waals surface area contributed by atoms with Gasteiger partial charge in [-0.15, -0.1) is 0 Å². The van der Waals surface area contributed by atoms with E-state index in [4.69, 9.17) is 26.2 Å². The molecule has 0 aliphatic heterocycles. The Hall–Kier alpha value is -0.240. The van der Waals surface area contributed by atoms with E-state index in [-0.39, 0.29) is 13.0 Å².